The SMILES string of the molecule is COc1cccc(-c2cnc(CNCC3CC3)[nH]2)c1. The number of H-pyrrole nitrogens is 1. The summed E-state index contributed by atoms with van der Waals surface area (Å²) in [4.78, 5) is 7.75. The highest BCUT2D eigenvalue weighted by Gasteiger charge is 2.20. The van der Waals surface area contributed by atoms with Crippen LogP contribution < -0.4 is 10.1 Å². The van der Waals surface area contributed by atoms with E-state index in [-0.39, 0.29) is 0 Å². The number of imidazole rings is 1. The molecule has 0 radical (unpaired) electrons. The number of nitrogens with zero attached hydrogens (tertiary/aromatic N) is 1. The summed E-state index contributed by atoms with van der Waals surface area (Å²) in [6, 6.07) is 7.99. The molecule has 100 valence electrons. The van der Waals surface area contributed by atoms with Gasteiger partial charge in [0.25, 0.3) is 0 Å². The number of rotatable bonds is 6. The Morgan fingerprint density at radius 3 is 3.11 bits per heavy atom. The van der Waals surface area contributed by atoms with E-state index in [9.17, 15) is 0 Å². The standard InChI is InChI=1S/C15H19N3O/c1-19-13-4-2-3-12(7-13)14-9-17-15(18-14)10-16-8-11-5-6-11/h2-4,7,9,11,16H,5-6,8,10H2,1H3,(H,17,18). The van der Waals surface area contributed by atoms with Crippen LogP contribution in [-0.2, 0) is 6.54 Å². The van der Waals surface area contributed by atoms with E-state index >= 15 is 0 Å². The molecule has 4 nitrogen and oxygen atoms in total. The minimum atomic E-state index is 0.806. The first-order valence-corrected chi connectivity index (χ1v) is 6.74. The average molecular weight is 257 g/mol. The quantitative estimate of drug-likeness (QED) is 0.836. The van der Waals surface area contributed by atoms with Crippen molar-refractivity contribution in [2.75, 3.05) is 13.7 Å². The summed E-state index contributed by atoms with van der Waals surface area (Å²) >= 11 is 0. The van der Waals surface area contributed by atoms with Gasteiger partial charge in [-0.3, -0.25) is 0 Å². The summed E-state index contributed by atoms with van der Waals surface area (Å²) in [6.45, 7) is 1.91. The Hall–Kier alpha value is -1.81. The Labute approximate surface area is 113 Å². The lowest BCUT2D eigenvalue weighted by molar-refractivity contribution is 0.415. The van der Waals surface area contributed by atoms with Gasteiger partial charge in [0.05, 0.1) is 25.5 Å². The number of hydrogen-bond acceptors (Lipinski definition) is 3. The highest BCUT2D eigenvalue weighted by Crippen LogP contribution is 2.27. The third-order valence-corrected chi connectivity index (χ3v) is 3.43. The van der Waals surface area contributed by atoms with Crippen LogP contribution in [-0.4, -0.2) is 23.6 Å². The number of aromatic nitrogens is 2. The van der Waals surface area contributed by atoms with E-state index in [2.05, 4.69) is 21.4 Å². The molecule has 0 aliphatic heterocycles. The van der Waals surface area contributed by atoms with Crippen molar-refractivity contribution < 1.29 is 4.74 Å². The van der Waals surface area contributed by atoms with Crippen LogP contribution in [0.25, 0.3) is 11.3 Å². The van der Waals surface area contributed by atoms with Gasteiger partial charge in [-0.1, -0.05) is 12.1 Å². The van der Waals surface area contributed by atoms with Crippen LogP contribution in [0.1, 0.15) is 18.7 Å². The van der Waals surface area contributed by atoms with Crippen LogP contribution in [0.3, 0.4) is 0 Å². The smallest absolute Gasteiger partial charge is 0.120 e. The zero-order chi connectivity index (χ0) is 13.1. The van der Waals surface area contributed by atoms with E-state index in [1.165, 1.54) is 12.8 Å². The minimum Gasteiger partial charge on any atom is -0.497 e. The molecule has 1 aromatic heterocycles. The van der Waals surface area contributed by atoms with Crippen LogP contribution in [0, 0.1) is 5.92 Å². The van der Waals surface area contributed by atoms with Crippen LogP contribution >= 0.6 is 0 Å². The number of nitrogens with one attached hydrogen (secondary N) is 2. The molecule has 1 heterocycles. The van der Waals surface area contributed by atoms with Crippen molar-refractivity contribution in [1.29, 1.82) is 0 Å². The van der Waals surface area contributed by atoms with Gasteiger partial charge in [-0.2, -0.15) is 0 Å². The lowest BCUT2D eigenvalue weighted by Gasteiger charge is -2.02. The fourth-order valence-electron chi connectivity index (χ4n) is 2.11. The fraction of sp³-hybridized carbons (Fsp3) is 0.400. The third kappa shape index (κ3) is 3.15. The second kappa shape index (κ2) is 5.45. The number of hydrogen-bond donors (Lipinski definition) is 2. The zero-order valence-electron chi connectivity index (χ0n) is 11.1. The van der Waals surface area contributed by atoms with Crippen LogP contribution in [0.4, 0.5) is 0 Å². The van der Waals surface area contributed by atoms with Crippen molar-refractivity contribution in [1.82, 2.24) is 15.3 Å². The summed E-state index contributed by atoms with van der Waals surface area (Å²) in [5.41, 5.74) is 2.13. The molecule has 1 aliphatic rings. The number of ether oxygens (including phenoxy) is 1. The van der Waals surface area contributed by atoms with Crippen molar-refractivity contribution in [2.45, 2.75) is 19.4 Å². The van der Waals surface area contributed by atoms with Gasteiger partial charge in [0.2, 0.25) is 0 Å². The molecule has 19 heavy (non-hydrogen) atoms. The van der Waals surface area contributed by atoms with Gasteiger partial charge in [-0.05, 0) is 37.4 Å². The van der Waals surface area contributed by atoms with E-state index < -0.39 is 0 Å². The molecule has 3 rings (SSSR count). The van der Waals surface area contributed by atoms with E-state index in [1.807, 2.05) is 24.4 Å². The largest absolute Gasteiger partial charge is 0.497 e. The Morgan fingerprint density at radius 1 is 1.42 bits per heavy atom. The van der Waals surface area contributed by atoms with Crippen molar-refractivity contribution >= 4 is 0 Å². The van der Waals surface area contributed by atoms with Gasteiger partial charge in [0.1, 0.15) is 11.6 Å². The second-order valence-corrected chi connectivity index (χ2v) is 5.05. The lowest BCUT2D eigenvalue weighted by atomic mass is 10.1. The predicted molar refractivity (Wildman–Crippen MR) is 75.0 cm³/mol. The maximum Gasteiger partial charge on any atom is 0.120 e. The summed E-state index contributed by atoms with van der Waals surface area (Å²) in [6.07, 6.45) is 4.63. The molecule has 1 fully saturated rings. The molecule has 0 amide bonds. The molecule has 1 aliphatic carbocycles. The fourth-order valence-corrected chi connectivity index (χ4v) is 2.11. The van der Waals surface area contributed by atoms with Crippen molar-refractivity contribution in [2.24, 2.45) is 5.92 Å². The average Bonchev–Trinajstić information content (AvgIpc) is 3.15. The normalized spacial score (nSPS) is 14.6. The first-order valence-electron chi connectivity index (χ1n) is 6.74. The molecule has 0 unspecified atom stereocenters. The molecular weight excluding hydrogens is 238 g/mol. The molecule has 1 saturated carbocycles. The van der Waals surface area contributed by atoms with E-state index in [0.717, 1.165) is 41.8 Å². The van der Waals surface area contributed by atoms with E-state index in [0.29, 0.717) is 0 Å². The topological polar surface area (TPSA) is 49.9 Å². The third-order valence-electron chi connectivity index (χ3n) is 3.43. The minimum absolute atomic E-state index is 0.806. The van der Waals surface area contributed by atoms with Crippen molar-refractivity contribution in [3.8, 4) is 17.0 Å². The monoisotopic (exact) mass is 257 g/mol. The summed E-state index contributed by atoms with van der Waals surface area (Å²) < 4.78 is 5.23. The second-order valence-electron chi connectivity index (χ2n) is 5.05. The highest BCUT2D eigenvalue weighted by atomic mass is 16.5. The lowest BCUT2D eigenvalue weighted by Crippen LogP contribution is -2.16. The first-order chi connectivity index (χ1) is 9.35. The van der Waals surface area contributed by atoms with E-state index in [4.69, 9.17) is 4.74 Å². The number of methoxy groups -OCH3 is 1. The highest BCUT2D eigenvalue weighted by molar-refractivity contribution is 5.60. The maximum atomic E-state index is 5.23. The molecule has 4 heteroatoms. The molecule has 2 aromatic rings. The van der Waals surface area contributed by atoms with Gasteiger partial charge >= 0.3 is 0 Å². The number of aromatic amines is 1. The van der Waals surface area contributed by atoms with Gasteiger partial charge in [0, 0.05) is 5.56 Å². The van der Waals surface area contributed by atoms with Crippen LogP contribution in [0.15, 0.2) is 30.5 Å². The number of benzene rings is 1. The Morgan fingerprint density at radius 2 is 2.32 bits per heavy atom. The summed E-state index contributed by atoms with van der Waals surface area (Å²) in [7, 11) is 1.68. The Kier molecular flexibility index (Phi) is 3.51. The van der Waals surface area contributed by atoms with Crippen molar-refractivity contribution in [3.05, 3.63) is 36.3 Å². The van der Waals surface area contributed by atoms with Gasteiger partial charge in [-0.25, -0.2) is 4.98 Å². The van der Waals surface area contributed by atoms with Gasteiger partial charge < -0.3 is 15.0 Å². The molecular formula is C15H19N3O. The molecule has 0 bridgehead atoms. The molecule has 1 aromatic carbocycles. The predicted octanol–water partition coefficient (Wildman–Crippen LogP) is 2.58. The van der Waals surface area contributed by atoms with Gasteiger partial charge in [-0.15, -0.1) is 0 Å². The maximum absolute atomic E-state index is 5.23. The first kappa shape index (κ1) is 12.2. The van der Waals surface area contributed by atoms with E-state index in [1.54, 1.807) is 7.11 Å². The Balaban J connectivity index is 1.65. The molecule has 0 spiro atoms. The van der Waals surface area contributed by atoms with Crippen LogP contribution in [0.2, 0.25) is 0 Å². The Bertz CT molecular complexity index is 546. The molecule has 2 N–H and O–H groups in total. The van der Waals surface area contributed by atoms with Crippen LogP contribution in [0.5, 0.6) is 5.75 Å². The van der Waals surface area contributed by atoms with Gasteiger partial charge in [0.15, 0.2) is 0 Å². The summed E-state index contributed by atoms with van der Waals surface area (Å²) in [5, 5.41) is 3.43. The zero-order valence-corrected chi connectivity index (χ0v) is 11.1. The van der Waals surface area contributed by atoms with Crippen molar-refractivity contribution in [3.63, 3.8) is 0 Å². The molecule has 0 saturated heterocycles. The molecule has 0 atom stereocenters. The summed E-state index contributed by atoms with van der Waals surface area (Å²) in [5.74, 6) is 2.74.